The van der Waals surface area contributed by atoms with Gasteiger partial charge in [0.1, 0.15) is 105 Å². The summed E-state index contributed by atoms with van der Waals surface area (Å²) >= 11 is 0. The van der Waals surface area contributed by atoms with E-state index in [4.69, 9.17) is 99.5 Å². The largest absolute Gasteiger partial charge is 0.463 e. The maximum Gasteiger partial charge on any atom is 0.303 e. The van der Waals surface area contributed by atoms with Crippen molar-refractivity contribution in [1.82, 2.24) is 14.7 Å². The number of ether oxygens (including phenoxy) is 21. The highest BCUT2D eigenvalue weighted by Gasteiger charge is 2.66. The van der Waals surface area contributed by atoms with Crippen LogP contribution in [0.25, 0.3) is 10.4 Å². The van der Waals surface area contributed by atoms with Gasteiger partial charge >= 0.3 is 35.8 Å². The molecule has 8 aromatic carbocycles. The molecule has 40 nitrogen and oxygen atoms in total. The van der Waals surface area contributed by atoms with Crippen LogP contribution >= 0.6 is 0 Å². The molecular formula is C101H100N6O34. The Bertz CT molecular complexity index is 5830. The van der Waals surface area contributed by atoms with Crippen LogP contribution in [0.15, 0.2) is 230 Å². The van der Waals surface area contributed by atoms with Gasteiger partial charge in [0.05, 0.1) is 79.6 Å². The molecule has 738 valence electrons. The number of aliphatic hydroxyl groups is 1. The Labute approximate surface area is 806 Å². The predicted octanol–water partition coefficient (Wildman–Crippen LogP) is 8.39. The van der Waals surface area contributed by atoms with Crippen molar-refractivity contribution in [2.24, 2.45) is 5.11 Å². The number of hydrogen-bond donors (Lipinski definition) is 1. The van der Waals surface area contributed by atoms with Gasteiger partial charge < -0.3 is 105 Å². The molecule has 9 heterocycles. The molecule has 6 saturated heterocycles. The third-order valence-corrected chi connectivity index (χ3v) is 25.0. The summed E-state index contributed by atoms with van der Waals surface area (Å²) in [7, 11) is 0. The van der Waals surface area contributed by atoms with Crippen LogP contribution in [0.5, 0.6) is 0 Å². The molecule has 1 unspecified atom stereocenters. The monoisotopic (exact) mass is 1940 g/mol. The predicted molar refractivity (Wildman–Crippen MR) is 478 cm³/mol. The van der Waals surface area contributed by atoms with Crippen LogP contribution in [0.3, 0.4) is 0 Å². The van der Waals surface area contributed by atoms with Gasteiger partial charge in [0.15, 0.2) is 68.2 Å². The van der Waals surface area contributed by atoms with E-state index in [9.17, 15) is 39.4 Å². The van der Waals surface area contributed by atoms with Crippen LogP contribution < -0.4 is 0 Å². The third kappa shape index (κ3) is 21.9. The standard InChI is InChI=1S/C101H100N6O34/c1-53(108)123-50-72-81(128-55(3)110)86(130-57(5)112)77(107-95(119)68-42-26-27-43-69(68)96(107)120)99(134-72)141-89-88(131-58(6)113)83(129-56(4)111)73(51-124-54(2)109)136-101(89)140-87-78(114)100(135-74-52-127-97(137-82(74)87)63-36-20-11-21-37-63)139-80-71(49-122-45-60-30-14-8-15-31-60)133-98(76(85(80)126-47-62-34-18-10-19-35-62)106-93(117)66-40-24-25-41-67(66)94(106)118)138-79-70(48-121-44-59-28-12-7-13-29-59)132-90(103-104-102)75(84(79)125-46-61-32-16-9-17-33-61)105-91(115)64-38-22-23-39-65(64)92(105)116/h7-43,70-90,97-101,114H,44-52H2,1-6H3/t70-,71-,72-,73-,74-,75-,76-,77-,78+,79-,80-,81-,82-,83-,84-,85-,86-,87-,88+,89+,90-,97?,98+,99+,100+,101-/m1/s1. The summed E-state index contributed by atoms with van der Waals surface area (Å²) in [6, 6.07) is 55.5. The number of amides is 6. The van der Waals surface area contributed by atoms with E-state index in [0.29, 0.717) is 32.7 Å². The molecule has 6 fully saturated rings. The molecule has 9 aliphatic heterocycles. The number of carbonyl (C=O) groups is 12. The number of esters is 6. The first kappa shape index (κ1) is 99.2. The lowest BCUT2D eigenvalue weighted by Crippen LogP contribution is -2.72. The first-order valence-corrected chi connectivity index (χ1v) is 45.6. The highest BCUT2D eigenvalue weighted by Crippen LogP contribution is 2.47. The van der Waals surface area contributed by atoms with Crippen LogP contribution in [-0.4, -0.2) is 277 Å². The smallest absolute Gasteiger partial charge is 0.303 e. The number of azide groups is 1. The highest BCUT2D eigenvalue weighted by atomic mass is 16.8. The molecule has 0 aromatic heterocycles. The number of fused-ring (bicyclic) bond motifs is 4. The quantitative estimate of drug-likeness (QED) is 0.00972. The second kappa shape index (κ2) is 44.6. The van der Waals surface area contributed by atoms with Gasteiger partial charge in [0.2, 0.25) is 0 Å². The second-order valence-electron chi connectivity index (χ2n) is 34.5. The summed E-state index contributed by atoms with van der Waals surface area (Å²) in [5.74, 6) is -11.8. The zero-order chi connectivity index (χ0) is 98.8. The maximum absolute atomic E-state index is 16.1. The zero-order valence-electron chi connectivity index (χ0n) is 76.8. The Morgan fingerprint density at radius 3 is 1.10 bits per heavy atom. The minimum Gasteiger partial charge on any atom is -0.463 e. The molecule has 9 aliphatic rings. The van der Waals surface area contributed by atoms with Crippen molar-refractivity contribution < 1.29 is 162 Å². The molecule has 17 rings (SSSR count). The normalized spacial score (nSPS) is 30.0. The van der Waals surface area contributed by atoms with Gasteiger partial charge in [0, 0.05) is 52.0 Å². The summed E-state index contributed by atoms with van der Waals surface area (Å²) in [5.41, 5.74) is 12.8. The minimum absolute atomic E-state index is 0.0166. The Morgan fingerprint density at radius 1 is 0.348 bits per heavy atom. The molecule has 0 radical (unpaired) electrons. The molecule has 141 heavy (non-hydrogen) atoms. The SMILES string of the molecule is CC(=O)OC[C@H]1O[C@H](O[C@@H]2[C@H](O)[C@H](O[C@H]3[C@H](OCc4ccccc4)[C@@H](N4C(=O)c5ccccc5C4=O)[C@H](O[C@H]4[C@H](OCc5ccccc5)[C@@H](N5C(=O)c6ccccc6C5=O)[C@H](N=[N+]=[N-])O[C@@H]4COCc4ccccc4)O[C@@H]3COCc3ccccc3)O[C@@H]3COC(c4ccccc4)O[C@@H]23)[C@@H](O[C@@H]2O[C@H](COC(C)=O)[C@@H](OC(C)=O)[C@H](OC(C)=O)[C@H]2N2C(=O)c3ccccc3C2=O)[C@@H](OC(C)=O)[C@@H]1OC(C)=O. The molecule has 0 saturated carbocycles. The molecule has 0 spiro atoms. The lowest BCUT2D eigenvalue weighted by Gasteiger charge is -2.54. The van der Waals surface area contributed by atoms with Crippen molar-refractivity contribution in [1.29, 1.82) is 0 Å². The van der Waals surface area contributed by atoms with Crippen molar-refractivity contribution in [3.8, 4) is 0 Å². The molecule has 40 heteroatoms. The lowest BCUT2D eigenvalue weighted by atomic mass is 9.92. The van der Waals surface area contributed by atoms with Crippen LogP contribution in [0.4, 0.5) is 0 Å². The van der Waals surface area contributed by atoms with E-state index in [0.717, 1.165) is 51.3 Å². The fourth-order valence-electron chi connectivity index (χ4n) is 18.9. The summed E-state index contributed by atoms with van der Waals surface area (Å²) in [6.07, 6.45) is -43.8. The van der Waals surface area contributed by atoms with Crippen LogP contribution in [0, 0.1) is 0 Å². The molecule has 26 atom stereocenters. The zero-order valence-corrected chi connectivity index (χ0v) is 76.8. The van der Waals surface area contributed by atoms with Gasteiger partial charge in [-0.25, -0.2) is 0 Å². The lowest BCUT2D eigenvalue weighted by molar-refractivity contribution is -0.413. The van der Waals surface area contributed by atoms with E-state index >= 15 is 28.8 Å². The fourth-order valence-corrected chi connectivity index (χ4v) is 18.9. The van der Waals surface area contributed by atoms with Crippen molar-refractivity contribution in [3.05, 3.63) is 296 Å². The molecule has 0 bridgehead atoms. The van der Waals surface area contributed by atoms with Gasteiger partial charge in [-0.1, -0.05) is 193 Å². The Morgan fingerprint density at radius 2 is 0.681 bits per heavy atom. The topological polar surface area (TPSA) is 477 Å². The number of imide groups is 3. The summed E-state index contributed by atoms with van der Waals surface area (Å²) in [5, 5.41) is 18.4. The third-order valence-electron chi connectivity index (χ3n) is 25.0. The van der Waals surface area contributed by atoms with Gasteiger partial charge in [0.25, 0.3) is 35.4 Å². The molecule has 8 aromatic rings. The van der Waals surface area contributed by atoms with E-state index in [1.54, 1.807) is 158 Å². The summed E-state index contributed by atoms with van der Waals surface area (Å²) in [6.45, 7) is 1.84. The molecular weight excluding hydrogens is 1840 g/mol. The van der Waals surface area contributed by atoms with Crippen molar-refractivity contribution >= 4 is 71.3 Å². The number of carbonyl (C=O) groups excluding carboxylic acids is 12. The Balaban J connectivity index is 0.826. The van der Waals surface area contributed by atoms with E-state index in [1.807, 2.05) is 18.2 Å². The van der Waals surface area contributed by atoms with Gasteiger partial charge in [-0.15, -0.1) is 0 Å². The Hall–Kier alpha value is -13.3. The van der Waals surface area contributed by atoms with Crippen LogP contribution in [-0.2, 0) is 155 Å². The van der Waals surface area contributed by atoms with E-state index in [2.05, 4.69) is 10.0 Å². The highest BCUT2D eigenvalue weighted by molar-refractivity contribution is 6.23. The van der Waals surface area contributed by atoms with Crippen molar-refractivity contribution in [3.63, 3.8) is 0 Å². The van der Waals surface area contributed by atoms with Gasteiger partial charge in [-0.05, 0) is 64.2 Å². The number of hydrogen-bond acceptors (Lipinski definition) is 35. The summed E-state index contributed by atoms with van der Waals surface area (Å²) < 4.78 is 141. The average Bonchev–Trinajstić information content (AvgIpc) is 1.66. The number of benzene rings is 8. The van der Waals surface area contributed by atoms with E-state index < -0.39 is 270 Å². The number of aliphatic hydroxyl groups excluding tert-OH is 1. The van der Waals surface area contributed by atoms with Crippen LogP contribution in [0.2, 0.25) is 0 Å². The minimum atomic E-state index is -2.34. The first-order valence-electron chi connectivity index (χ1n) is 45.6. The van der Waals surface area contributed by atoms with E-state index in [1.165, 1.54) is 48.5 Å². The van der Waals surface area contributed by atoms with Crippen LogP contribution in [0.1, 0.15) is 138 Å². The number of rotatable bonds is 35. The molecule has 1 N–H and O–H groups in total. The van der Waals surface area contributed by atoms with E-state index in [-0.39, 0.29) is 53.2 Å². The number of nitrogens with zero attached hydrogens (tertiary/aromatic N) is 6. The summed E-state index contributed by atoms with van der Waals surface area (Å²) in [4.78, 5) is 180. The molecule has 0 aliphatic carbocycles. The average molecular weight is 1940 g/mol. The fraction of sp³-hybridized carbons (Fsp3) is 0.406. The second-order valence-corrected chi connectivity index (χ2v) is 34.5. The maximum atomic E-state index is 16.1. The van der Waals surface area contributed by atoms with Gasteiger partial charge in [-0.2, -0.15) is 0 Å². The van der Waals surface area contributed by atoms with Crippen molar-refractivity contribution in [2.45, 2.75) is 228 Å². The van der Waals surface area contributed by atoms with Crippen molar-refractivity contribution in [2.75, 3.05) is 33.0 Å². The molecule has 6 amide bonds. The Kier molecular flexibility index (Phi) is 31.4. The first-order chi connectivity index (χ1) is 68.3. The van der Waals surface area contributed by atoms with Gasteiger partial charge in [-0.3, -0.25) is 72.2 Å².